The van der Waals surface area contributed by atoms with E-state index in [2.05, 4.69) is 10.5 Å². The quantitative estimate of drug-likeness (QED) is 0.845. The van der Waals surface area contributed by atoms with Crippen molar-refractivity contribution in [3.05, 3.63) is 53.7 Å². The van der Waals surface area contributed by atoms with Crippen LogP contribution in [0.4, 0.5) is 5.88 Å². The minimum absolute atomic E-state index is 0.0726. The van der Waals surface area contributed by atoms with Gasteiger partial charge in [-0.1, -0.05) is 61.5 Å². The van der Waals surface area contributed by atoms with Gasteiger partial charge in [0, 0.05) is 22.6 Å². The van der Waals surface area contributed by atoms with Crippen LogP contribution in [0.2, 0.25) is 0 Å². The Kier molecular flexibility index (Phi) is 6.29. The van der Waals surface area contributed by atoms with Crippen molar-refractivity contribution in [3.63, 3.8) is 0 Å². The number of rotatable bonds is 7. The van der Waals surface area contributed by atoms with E-state index in [9.17, 15) is 9.00 Å². The van der Waals surface area contributed by atoms with E-state index in [-0.39, 0.29) is 23.5 Å². The lowest BCUT2D eigenvalue weighted by Crippen LogP contribution is -2.20. The summed E-state index contributed by atoms with van der Waals surface area (Å²) in [6.07, 6.45) is 3.70. The fraction of sp³-hybridized carbons (Fsp3) is 0.294. The highest BCUT2D eigenvalue weighted by atomic mass is 32.2. The van der Waals surface area contributed by atoms with Gasteiger partial charge in [0.2, 0.25) is 11.8 Å². The molecule has 5 nitrogen and oxygen atoms in total. The molecule has 0 spiro atoms. The first kappa shape index (κ1) is 17.1. The van der Waals surface area contributed by atoms with Gasteiger partial charge in [0.25, 0.3) is 0 Å². The van der Waals surface area contributed by atoms with Crippen molar-refractivity contribution in [3.8, 4) is 0 Å². The molecule has 6 heteroatoms. The highest BCUT2D eigenvalue weighted by Crippen LogP contribution is 2.17. The number of aromatic nitrogens is 1. The molecule has 1 aromatic carbocycles. The topological polar surface area (TPSA) is 72.2 Å². The molecule has 0 aliphatic carbocycles. The normalized spacial score (nSPS) is 12.7. The summed E-state index contributed by atoms with van der Waals surface area (Å²) in [6, 6.07) is 11.4. The molecule has 0 saturated heterocycles. The number of hydrogen-bond acceptors (Lipinski definition) is 4. The molecule has 1 heterocycles. The molecule has 23 heavy (non-hydrogen) atoms. The van der Waals surface area contributed by atoms with E-state index in [4.69, 9.17) is 4.52 Å². The zero-order chi connectivity index (χ0) is 16.7. The van der Waals surface area contributed by atoms with E-state index in [0.717, 1.165) is 11.3 Å². The number of benzene rings is 1. The van der Waals surface area contributed by atoms with Crippen molar-refractivity contribution in [1.29, 1.82) is 0 Å². The molecule has 0 aliphatic rings. The smallest absolute Gasteiger partial charge is 0.239 e. The Morgan fingerprint density at radius 1 is 1.35 bits per heavy atom. The summed E-state index contributed by atoms with van der Waals surface area (Å²) in [5.41, 5.74) is 1.81. The Balaban J connectivity index is 1.78. The van der Waals surface area contributed by atoms with Crippen LogP contribution in [-0.4, -0.2) is 26.8 Å². The molecular weight excluding hydrogens is 312 g/mol. The zero-order valence-corrected chi connectivity index (χ0v) is 14.0. The van der Waals surface area contributed by atoms with Crippen molar-refractivity contribution >= 4 is 28.7 Å². The van der Waals surface area contributed by atoms with E-state index in [1.165, 1.54) is 0 Å². The van der Waals surface area contributed by atoms with Gasteiger partial charge in [0.05, 0.1) is 5.69 Å². The number of carbonyl (C=O) groups is 1. The van der Waals surface area contributed by atoms with E-state index in [0.29, 0.717) is 5.75 Å². The van der Waals surface area contributed by atoms with Crippen molar-refractivity contribution in [2.75, 3.05) is 16.8 Å². The highest BCUT2D eigenvalue weighted by molar-refractivity contribution is 7.85. The fourth-order valence-electron chi connectivity index (χ4n) is 1.85. The molecule has 1 N–H and O–H groups in total. The molecule has 0 fully saturated rings. The molecular formula is C17H20N2O3S. The summed E-state index contributed by atoms with van der Waals surface area (Å²) in [7, 11) is -1.26. The number of amides is 1. The van der Waals surface area contributed by atoms with Gasteiger partial charge in [0.1, 0.15) is 5.75 Å². The predicted octanol–water partition coefficient (Wildman–Crippen LogP) is 3.20. The lowest BCUT2D eigenvalue weighted by atomic mass is 10.1. The molecule has 1 amide bonds. The monoisotopic (exact) mass is 332 g/mol. The Morgan fingerprint density at radius 2 is 2.09 bits per heavy atom. The minimum atomic E-state index is -1.26. The van der Waals surface area contributed by atoms with Crippen LogP contribution in [0, 0.1) is 0 Å². The fourth-order valence-corrected chi connectivity index (χ4v) is 2.65. The third-order valence-corrected chi connectivity index (χ3v) is 4.22. The Morgan fingerprint density at radius 3 is 2.74 bits per heavy atom. The molecule has 0 saturated carbocycles. The third-order valence-electron chi connectivity index (χ3n) is 3.07. The van der Waals surface area contributed by atoms with Gasteiger partial charge < -0.3 is 4.52 Å². The third kappa shape index (κ3) is 5.83. The van der Waals surface area contributed by atoms with Crippen LogP contribution in [0.3, 0.4) is 0 Å². The number of nitrogens with zero attached hydrogens (tertiary/aromatic N) is 1. The standard InChI is InChI=1S/C17H20N2O3S/c1-13(2)15-11-17(22-19-15)18-16(20)12-23(21)10-6-9-14-7-4-3-5-8-14/h3-9,11,13H,10,12H2,1-2H3,(H,18,20)/b9-6+. The number of nitrogens with one attached hydrogen (secondary N) is 1. The van der Waals surface area contributed by atoms with Gasteiger partial charge in [-0.15, -0.1) is 0 Å². The first-order valence-electron chi connectivity index (χ1n) is 7.37. The summed E-state index contributed by atoms with van der Waals surface area (Å²) in [6.45, 7) is 3.97. The van der Waals surface area contributed by atoms with E-state index < -0.39 is 10.8 Å². The van der Waals surface area contributed by atoms with Crippen LogP contribution in [0.15, 0.2) is 47.0 Å². The Hall–Kier alpha value is -2.21. The molecule has 2 rings (SSSR count). The summed E-state index contributed by atoms with van der Waals surface area (Å²) >= 11 is 0. The second kappa shape index (κ2) is 8.43. The highest BCUT2D eigenvalue weighted by Gasteiger charge is 2.12. The molecule has 0 radical (unpaired) electrons. The zero-order valence-electron chi connectivity index (χ0n) is 13.2. The van der Waals surface area contributed by atoms with Gasteiger partial charge in [0.15, 0.2) is 0 Å². The minimum Gasteiger partial charge on any atom is -0.338 e. The maximum atomic E-state index is 11.9. The number of carbonyl (C=O) groups excluding carboxylic acids is 1. The van der Waals surface area contributed by atoms with Crippen LogP contribution in [0.5, 0.6) is 0 Å². The van der Waals surface area contributed by atoms with Crippen LogP contribution < -0.4 is 5.32 Å². The molecule has 1 atom stereocenters. The average Bonchev–Trinajstić information content (AvgIpc) is 2.97. The lowest BCUT2D eigenvalue weighted by Gasteiger charge is -2.00. The summed E-state index contributed by atoms with van der Waals surface area (Å²) < 4.78 is 16.9. The maximum absolute atomic E-state index is 11.9. The molecule has 122 valence electrons. The van der Waals surface area contributed by atoms with Gasteiger partial charge in [-0.2, -0.15) is 0 Å². The largest absolute Gasteiger partial charge is 0.338 e. The molecule has 0 bridgehead atoms. The van der Waals surface area contributed by atoms with Crippen LogP contribution in [-0.2, 0) is 15.6 Å². The van der Waals surface area contributed by atoms with Crippen LogP contribution >= 0.6 is 0 Å². The molecule has 2 aromatic rings. The van der Waals surface area contributed by atoms with Gasteiger partial charge in [-0.3, -0.25) is 14.3 Å². The number of hydrogen-bond donors (Lipinski definition) is 1. The van der Waals surface area contributed by atoms with Gasteiger partial charge in [-0.05, 0) is 11.5 Å². The van der Waals surface area contributed by atoms with E-state index in [1.54, 1.807) is 6.07 Å². The summed E-state index contributed by atoms with van der Waals surface area (Å²) in [5, 5.41) is 6.43. The van der Waals surface area contributed by atoms with Crippen molar-refractivity contribution in [2.45, 2.75) is 19.8 Å². The first-order chi connectivity index (χ1) is 11.0. The predicted molar refractivity (Wildman–Crippen MR) is 92.6 cm³/mol. The summed E-state index contributed by atoms with van der Waals surface area (Å²) in [4.78, 5) is 11.8. The average molecular weight is 332 g/mol. The molecule has 1 aromatic heterocycles. The van der Waals surface area contributed by atoms with Crippen molar-refractivity contribution in [2.24, 2.45) is 0 Å². The van der Waals surface area contributed by atoms with Crippen molar-refractivity contribution < 1.29 is 13.5 Å². The second-order valence-electron chi connectivity index (χ2n) is 5.38. The first-order valence-corrected chi connectivity index (χ1v) is 8.86. The van der Waals surface area contributed by atoms with E-state index >= 15 is 0 Å². The molecule has 0 aliphatic heterocycles. The lowest BCUT2D eigenvalue weighted by molar-refractivity contribution is -0.114. The number of anilines is 1. The van der Waals surface area contributed by atoms with Gasteiger partial charge >= 0.3 is 0 Å². The van der Waals surface area contributed by atoms with Crippen LogP contribution in [0.25, 0.3) is 6.08 Å². The molecule has 1 unspecified atom stereocenters. The SMILES string of the molecule is CC(C)c1cc(NC(=O)CS(=O)C/C=C/c2ccccc2)on1. The van der Waals surface area contributed by atoms with E-state index in [1.807, 2.05) is 56.3 Å². The Bertz CT molecular complexity index is 693. The van der Waals surface area contributed by atoms with Gasteiger partial charge in [-0.25, -0.2) is 0 Å². The second-order valence-corrected chi connectivity index (χ2v) is 6.88. The Labute approximate surface area is 138 Å². The maximum Gasteiger partial charge on any atom is 0.239 e. The summed E-state index contributed by atoms with van der Waals surface area (Å²) in [5.74, 6) is 0.423. The van der Waals surface area contributed by atoms with Crippen LogP contribution in [0.1, 0.15) is 31.0 Å². The van der Waals surface area contributed by atoms with Crippen molar-refractivity contribution in [1.82, 2.24) is 5.16 Å².